The van der Waals surface area contributed by atoms with Crippen LogP contribution in [0.25, 0.3) is 0 Å². The molecule has 0 bridgehead atoms. The summed E-state index contributed by atoms with van der Waals surface area (Å²) in [5.41, 5.74) is 1.09. The summed E-state index contributed by atoms with van der Waals surface area (Å²) in [4.78, 5) is 37.0. The standard InChI is InChI=1S/C14H16N2O4/c1-13(2,3)20-12(19)16-11(18)15-10(17)14(16,4)9-7-5-6-8-9/h5-7H,1-4H3,(H,15,17,18). The fraction of sp³-hybridized carbons (Fsp3) is 0.429. The molecule has 2 aliphatic rings. The Morgan fingerprint density at radius 3 is 2.55 bits per heavy atom. The zero-order valence-corrected chi connectivity index (χ0v) is 11.8. The molecule has 1 unspecified atom stereocenters. The van der Waals surface area contributed by atoms with E-state index in [4.69, 9.17) is 4.74 Å². The van der Waals surface area contributed by atoms with Crippen molar-refractivity contribution in [2.24, 2.45) is 0 Å². The fourth-order valence-corrected chi connectivity index (χ4v) is 2.03. The Morgan fingerprint density at radius 1 is 1.40 bits per heavy atom. The number of hydrogen-bond acceptors (Lipinski definition) is 4. The molecule has 6 nitrogen and oxygen atoms in total. The van der Waals surface area contributed by atoms with Crippen LogP contribution in [0, 0.1) is 0 Å². The van der Waals surface area contributed by atoms with E-state index in [0.29, 0.717) is 5.57 Å². The van der Waals surface area contributed by atoms with Gasteiger partial charge in [-0.2, -0.15) is 0 Å². The normalized spacial score (nSPS) is 25.0. The number of ether oxygens (including phenoxy) is 1. The number of carbonyl (C=O) groups excluding carboxylic acids is 3. The van der Waals surface area contributed by atoms with Gasteiger partial charge in [-0.3, -0.25) is 10.1 Å². The van der Waals surface area contributed by atoms with Crippen LogP contribution in [0.4, 0.5) is 9.59 Å². The number of allylic oxidation sites excluding steroid dienone is 1. The van der Waals surface area contributed by atoms with Crippen LogP contribution in [0.1, 0.15) is 27.7 Å². The molecule has 1 aliphatic heterocycles. The van der Waals surface area contributed by atoms with Crippen molar-refractivity contribution in [2.45, 2.75) is 38.8 Å². The first-order valence-corrected chi connectivity index (χ1v) is 6.19. The summed E-state index contributed by atoms with van der Waals surface area (Å²) in [6.45, 7) is 6.55. The molecule has 20 heavy (non-hydrogen) atoms. The van der Waals surface area contributed by atoms with Gasteiger partial charge in [-0.15, -0.1) is 5.73 Å². The maximum absolute atomic E-state index is 12.2. The number of amides is 4. The summed E-state index contributed by atoms with van der Waals surface area (Å²) in [5.74, 6) is -0.573. The molecule has 1 fully saturated rings. The third-order valence-electron chi connectivity index (χ3n) is 3.01. The first-order chi connectivity index (χ1) is 9.16. The van der Waals surface area contributed by atoms with Crippen LogP contribution in [-0.4, -0.2) is 34.1 Å². The van der Waals surface area contributed by atoms with Gasteiger partial charge in [0, 0.05) is 5.57 Å². The maximum atomic E-state index is 12.2. The van der Waals surface area contributed by atoms with Gasteiger partial charge >= 0.3 is 12.1 Å². The number of carbonyl (C=O) groups is 3. The predicted octanol–water partition coefficient (Wildman–Crippen LogP) is 1.88. The Bertz CT molecular complexity index is 591. The van der Waals surface area contributed by atoms with Gasteiger partial charge in [-0.25, -0.2) is 14.5 Å². The molecule has 0 saturated carbocycles. The van der Waals surface area contributed by atoms with E-state index in [1.165, 1.54) is 6.92 Å². The quantitative estimate of drug-likeness (QED) is 0.586. The molecular weight excluding hydrogens is 260 g/mol. The zero-order valence-electron chi connectivity index (χ0n) is 11.8. The Kier molecular flexibility index (Phi) is 3.07. The summed E-state index contributed by atoms with van der Waals surface area (Å²) in [7, 11) is 0. The van der Waals surface area contributed by atoms with Crippen molar-refractivity contribution in [3.8, 4) is 0 Å². The Hall–Kier alpha value is -2.33. The number of hydrogen-bond donors (Lipinski definition) is 1. The van der Waals surface area contributed by atoms with Crippen molar-refractivity contribution < 1.29 is 19.1 Å². The zero-order chi connectivity index (χ0) is 15.1. The highest BCUT2D eigenvalue weighted by molar-refractivity contribution is 6.14. The second-order valence-electron chi connectivity index (χ2n) is 5.73. The molecule has 106 valence electrons. The van der Waals surface area contributed by atoms with Gasteiger partial charge in [0.15, 0.2) is 5.54 Å². The molecule has 0 aromatic carbocycles. The number of nitrogens with one attached hydrogen (secondary N) is 1. The Labute approximate surface area is 116 Å². The number of imide groups is 2. The van der Waals surface area contributed by atoms with E-state index in [1.54, 1.807) is 39.0 Å². The molecule has 1 atom stereocenters. The van der Waals surface area contributed by atoms with Crippen LogP contribution in [0.3, 0.4) is 0 Å². The number of rotatable bonds is 1. The van der Waals surface area contributed by atoms with E-state index in [2.05, 4.69) is 11.0 Å². The Morgan fingerprint density at radius 2 is 2.05 bits per heavy atom. The maximum Gasteiger partial charge on any atom is 0.419 e. The van der Waals surface area contributed by atoms with Crippen LogP contribution >= 0.6 is 0 Å². The number of urea groups is 1. The molecule has 0 aromatic heterocycles. The van der Waals surface area contributed by atoms with E-state index in [0.717, 1.165) is 4.90 Å². The van der Waals surface area contributed by atoms with Gasteiger partial charge in [-0.1, -0.05) is 6.08 Å². The molecule has 1 aliphatic carbocycles. The monoisotopic (exact) mass is 276 g/mol. The van der Waals surface area contributed by atoms with Crippen molar-refractivity contribution >= 4 is 18.0 Å². The van der Waals surface area contributed by atoms with Crippen molar-refractivity contribution in [1.82, 2.24) is 10.2 Å². The largest absolute Gasteiger partial charge is 0.443 e. The minimum absolute atomic E-state index is 0.437. The highest BCUT2D eigenvalue weighted by Gasteiger charge is 2.56. The van der Waals surface area contributed by atoms with Gasteiger partial charge in [0.05, 0.1) is 0 Å². The summed E-state index contributed by atoms with van der Waals surface area (Å²) < 4.78 is 5.19. The second kappa shape index (κ2) is 4.35. The van der Waals surface area contributed by atoms with Crippen LogP contribution < -0.4 is 5.32 Å². The predicted molar refractivity (Wildman–Crippen MR) is 70.8 cm³/mol. The lowest BCUT2D eigenvalue weighted by atomic mass is 9.92. The van der Waals surface area contributed by atoms with Gasteiger partial charge in [0.2, 0.25) is 0 Å². The molecule has 2 rings (SSSR count). The van der Waals surface area contributed by atoms with Gasteiger partial charge < -0.3 is 4.74 Å². The molecule has 1 heterocycles. The second-order valence-corrected chi connectivity index (χ2v) is 5.73. The minimum Gasteiger partial charge on any atom is -0.443 e. The summed E-state index contributed by atoms with van der Waals surface area (Å²) in [6.07, 6.45) is 4.07. The average Bonchev–Trinajstić information content (AvgIpc) is 2.85. The summed E-state index contributed by atoms with van der Waals surface area (Å²) >= 11 is 0. The molecule has 6 heteroatoms. The fourth-order valence-electron chi connectivity index (χ4n) is 2.03. The van der Waals surface area contributed by atoms with E-state index in [-0.39, 0.29) is 0 Å². The molecular formula is C14H16N2O4. The minimum atomic E-state index is -1.44. The van der Waals surface area contributed by atoms with Crippen molar-refractivity contribution in [3.63, 3.8) is 0 Å². The molecule has 0 radical (unpaired) electrons. The summed E-state index contributed by atoms with van der Waals surface area (Å²) in [5, 5.41) is 2.14. The lowest BCUT2D eigenvalue weighted by Gasteiger charge is -2.31. The van der Waals surface area contributed by atoms with Crippen LogP contribution in [0.15, 0.2) is 29.5 Å². The van der Waals surface area contributed by atoms with Crippen molar-refractivity contribution in [1.29, 1.82) is 0 Å². The van der Waals surface area contributed by atoms with E-state index in [9.17, 15) is 14.4 Å². The smallest absolute Gasteiger partial charge is 0.419 e. The van der Waals surface area contributed by atoms with Gasteiger partial charge in [-0.05, 0) is 39.8 Å². The van der Waals surface area contributed by atoms with E-state index >= 15 is 0 Å². The first-order valence-electron chi connectivity index (χ1n) is 6.19. The number of nitrogens with zero attached hydrogens (tertiary/aromatic N) is 1. The third-order valence-corrected chi connectivity index (χ3v) is 3.01. The molecule has 1 saturated heterocycles. The van der Waals surface area contributed by atoms with E-state index < -0.39 is 29.2 Å². The molecule has 0 aromatic rings. The average molecular weight is 276 g/mol. The molecule has 4 amide bonds. The Balaban J connectivity index is 2.41. The molecule has 0 spiro atoms. The van der Waals surface area contributed by atoms with Crippen molar-refractivity contribution in [2.75, 3.05) is 0 Å². The van der Waals surface area contributed by atoms with E-state index in [1.807, 2.05) is 0 Å². The van der Waals surface area contributed by atoms with Crippen LogP contribution in [-0.2, 0) is 9.53 Å². The topological polar surface area (TPSA) is 75.7 Å². The first kappa shape index (κ1) is 14.1. The lowest BCUT2D eigenvalue weighted by Crippen LogP contribution is -2.52. The molecule has 1 N–H and O–H groups in total. The van der Waals surface area contributed by atoms with Gasteiger partial charge in [0.25, 0.3) is 5.91 Å². The summed E-state index contributed by atoms with van der Waals surface area (Å²) in [6, 6.07) is -0.790. The van der Waals surface area contributed by atoms with Crippen LogP contribution in [0.2, 0.25) is 0 Å². The van der Waals surface area contributed by atoms with Crippen molar-refractivity contribution in [3.05, 3.63) is 29.5 Å². The highest BCUT2D eigenvalue weighted by atomic mass is 16.6. The third kappa shape index (κ3) is 2.14. The van der Waals surface area contributed by atoms with Gasteiger partial charge in [0.1, 0.15) is 5.60 Å². The SMILES string of the molecule is CC(C)(C)OC(=O)N1C(=O)NC(=O)C1(C)C1=C=CC=C1. The lowest BCUT2D eigenvalue weighted by molar-refractivity contribution is -0.124. The highest BCUT2D eigenvalue weighted by Crippen LogP contribution is 2.32. The van der Waals surface area contributed by atoms with Crippen LogP contribution in [0.5, 0.6) is 0 Å².